The zero-order chi connectivity index (χ0) is 21.1. The van der Waals surface area contributed by atoms with Gasteiger partial charge in [0.2, 0.25) is 0 Å². The minimum Gasteiger partial charge on any atom is -0.493 e. The third-order valence-electron chi connectivity index (χ3n) is 5.78. The van der Waals surface area contributed by atoms with E-state index in [4.69, 9.17) is 9.47 Å². The predicted octanol–water partition coefficient (Wildman–Crippen LogP) is 4.05. The molecular weight excluding hydrogens is 378 g/mol. The first-order chi connectivity index (χ1) is 14.7. The second-order valence-corrected chi connectivity index (χ2v) is 7.41. The Labute approximate surface area is 176 Å². The van der Waals surface area contributed by atoms with E-state index in [0.29, 0.717) is 24.5 Å². The zero-order valence-corrected chi connectivity index (χ0v) is 17.2. The van der Waals surface area contributed by atoms with E-state index < -0.39 is 0 Å². The number of benzene rings is 2. The molecule has 153 valence electrons. The molecule has 1 aliphatic rings. The highest BCUT2D eigenvalue weighted by atomic mass is 16.5. The first-order valence-electron chi connectivity index (χ1n) is 10.2. The average Bonchev–Trinajstić information content (AvgIpc) is 3.19. The molecule has 0 aliphatic carbocycles. The largest absolute Gasteiger partial charge is 0.493 e. The highest BCUT2D eigenvalue weighted by molar-refractivity contribution is 5.84. The number of nitrogens with zero attached hydrogens (tertiary/aromatic N) is 2. The highest BCUT2D eigenvalue weighted by Crippen LogP contribution is 2.39. The van der Waals surface area contributed by atoms with Crippen LogP contribution in [0.3, 0.4) is 0 Å². The van der Waals surface area contributed by atoms with Crippen molar-refractivity contribution in [1.29, 1.82) is 5.26 Å². The Morgan fingerprint density at radius 1 is 1.27 bits per heavy atom. The maximum atomic E-state index is 11.7. The Morgan fingerprint density at radius 3 is 2.87 bits per heavy atom. The molecule has 2 heterocycles. The van der Waals surface area contributed by atoms with Crippen molar-refractivity contribution in [3.63, 3.8) is 0 Å². The van der Waals surface area contributed by atoms with Crippen LogP contribution < -0.4 is 9.47 Å². The van der Waals surface area contributed by atoms with Crippen molar-refractivity contribution in [1.82, 2.24) is 9.88 Å². The fourth-order valence-corrected chi connectivity index (χ4v) is 4.30. The van der Waals surface area contributed by atoms with Crippen LogP contribution in [-0.4, -0.2) is 36.6 Å². The van der Waals surface area contributed by atoms with Crippen molar-refractivity contribution in [2.45, 2.75) is 32.2 Å². The molecule has 1 radical (unpaired) electrons. The average molecular weight is 402 g/mol. The van der Waals surface area contributed by atoms with Crippen molar-refractivity contribution in [2.75, 3.05) is 20.3 Å². The van der Waals surface area contributed by atoms with Gasteiger partial charge in [0.25, 0.3) is 0 Å². The molecule has 3 aromatic rings. The van der Waals surface area contributed by atoms with Crippen LogP contribution in [0.2, 0.25) is 0 Å². The molecule has 1 aliphatic heterocycles. The van der Waals surface area contributed by atoms with Crippen LogP contribution in [0.1, 0.15) is 41.6 Å². The van der Waals surface area contributed by atoms with Crippen LogP contribution in [0, 0.1) is 11.3 Å². The van der Waals surface area contributed by atoms with Crippen molar-refractivity contribution in [3.8, 4) is 17.6 Å². The molecule has 0 spiro atoms. The number of H-pyrrole nitrogens is 1. The van der Waals surface area contributed by atoms with Crippen LogP contribution in [0.25, 0.3) is 10.9 Å². The Bertz CT molecular complexity index is 1110. The third kappa shape index (κ3) is 3.59. The first-order valence-corrected chi connectivity index (χ1v) is 10.2. The molecular formula is C24H24N3O3. The molecule has 0 saturated heterocycles. The summed E-state index contributed by atoms with van der Waals surface area (Å²) in [7, 11) is 1.64. The number of aromatic amines is 1. The number of hydrogen-bond donors (Lipinski definition) is 1. The Hall–Kier alpha value is -3.46. The monoisotopic (exact) mass is 402 g/mol. The molecule has 1 N–H and O–H groups in total. The summed E-state index contributed by atoms with van der Waals surface area (Å²) in [5.41, 5.74) is 5.06. The molecule has 0 saturated carbocycles. The SMILES string of the molecule is CCOc1cc2c(cc1OC)CCN([C]=O)[C@H]2CCc1c[nH]c2ccc(C#N)cc12. The quantitative estimate of drug-likeness (QED) is 0.647. The topological polar surface area (TPSA) is 78.3 Å². The highest BCUT2D eigenvalue weighted by Gasteiger charge is 2.29. The summed E-state index contributed by atoms with van der Waals surface area (Å²) < 4.78 is 11.3. The van der Waals surface area contributed by atoms with E-state index in [1.54, 1.807) is 12.0 Å². The lowest BCUT2D eigenvalue weighted by atomic mass is 9.88. The number of fused-ring (bicyclic) bond motifs is 2. The van der Waals surface area contributed by atoms with Gasteiger partial charge in [0.1, 0.15) is 0 Å². The van der Waals surface area contributed by atoms with E-state index in [1.165, 1.54) is 5.56 Å². The van der Waals surface area contributed by atoms with Gasteiger partial charge in [-0.25, -0.2) is 0 Å². The van der Waals surface area contributed by atoms with Gasteiger partial charge in [0.15, 0.2) is 11.5 Å². The Balaban J connectivity index is 1.66. The number of aromatic nitrogens is 1. The van der Waals surface area contributed by atoms with E-state index in [0.717, 1.165) is 47.0 Å². The van der Waals surface area contributed by atoms with Crippen LogP contribution in [-0.2, 0) is 17.6 Å². The number of nitriles is 1. The second-order valence-electron chi connectivity index (χ2n) is 7.41. The van der Waals surface area contributed by atoms with Gasteiger partial charge in [0.05, 0.1) is 31.4 Å². The lowest BCUT2D eigenvalue weighted by Gasteiger charge is -2.35. The summed E-state index contributed by atoms with van der Waals surface area (Å²) in [5, 5.41) is 10.3. The molecule has 30 heavy (non-hydrogen) atoms. The molecule has 1 amide bonds. The smallest absolute Gasteiger partial charge is 0.312 e. The maximum Gasteiger partial charge on any atom is 0.312 e. The minimum absolute atomic E-state index is 0.0829. The van der Waals surface area contributed by atoms with Gasteiger partial charge in [-0.05, 0) is 73.2 Å². The number of carbonyl (C=O) groups excluding carboxylic acids is 1. The molecule has 4 rings (SSSR count). The van der Waals surface area contributed by atoms with Gasteiger partial charge in [-0.1, -0.05) is 0 Å². The van der Waals surface area contributed by atoms with Crippen molar-refractivity contribution >= 4 is 17.3 Å². The maximum absolute atomic E-state index is 11.7. The number of nitrogens with one attached hydrogen (secondary N) is 1. The molecule has 6 heteroatoms. The molecule has 1 aromatic heterocycles. The van der Waals surface area contributed by atoms with Gasteiger partial charge in [-0.15, -0.1) is 0 Å². The molecule has 6 nitrogen and oxygen atoms in total. The number of amides is 1. The number of rotatable bonds is 7. The van der Waals surface area contributed by atoms with E-state index in [-0.39, 0.29) is 6.04 Å². The fourth-order valence-electron chi connectivity index (χ4n) is 4.30. The van der Waals surface area contributed by atoms with E-state index in [9.17, 15) is 10.1 Å². The molecule has 0 unspecified atom stereocenters. The Morgan fingerprint density at radius 2 is 2.13 bits per heavy atom. The first kappa shape index (κ1) is 19.8. The van der Waals surface area contributed by atoms with Gasteiger partial charge < -0.3 is 19.4 Å². The van der Waals surface area contributed by atoms with Gasteiger partial charge in [-0.2, -0.15) is 5.26 Å². The summed E-state index contributed by atoms with van der Waals surface area (Å²) in [5.74, 6) is 1.42. The zero-order valence-electron chi connectivity index (χ0n) is 17.2. The molecule has 0 fully saturated rings. The normalized spacial score (nSPS) is 15.5. The predicted molar refractivity (Wildman–Crippen MR) is 114 cm³/mol. The van der Waals surface area contributed by atoms with Gasteiger partial charge >= 0.3 is 6.41 Å². The number of aryl methyl sites for hydroxylation is 1. The molecule has 1 atom stereocenters. The number of methoxy groups -OCH3 is 1. The summed E-state index contributed by atoms with van der Waals surface area (Å²) in [6, 6.07) is 11.8. The Kier molecular flexibility index (Phi) is 5.62. The van der Waals surface area contributed by atoms with E-state index >= 15 is 0 Å². The standard InChI is InChI=1S/C24H24N3O3/c1-3-30-24-12-20-17(11-23(24)29-2)8-9-27(15-28)22(20)7-5-18-14-26-21-6-4-16(13-25)10-19(18)21/h4,6,10-12,14,22,26H,3,5,7-9H2,1-2H3/t22-/m0/s1. The fraction of sp³-hybridized carbons (Fsp3) is 0.333. The summed E-state index contributed by atoms with van der Waals surface area (Å²) in [6.45, 7) is 3.11. The van der Waals surface area contributed by atoms with Crippen LogP contribution in [0.4, 0.5) is 0 Å². The van der Waals surface area contributed by atoms with Crippen LogP contribution >= 0.6 is 0 Å². The van der Waals surface area contributed by atoms with Crippen molar-refractivity contribution < 1.29 is 14.3 Å². The van der Waals surface area contributed by atoms with Crippen LogP contribution in [0.15, 0.2) is 36.5 Å². The number of ether oxygens (including phenoxy) is 2. The lowest BCUT2D eigenvalue weighted by molar-refractivity contribution is 0.264. The van der Waals surface area contributed by atoms with Crippen molar-refractivity contribution in [3.05, 3.63) is 58.8 Å². The number of hydrogen-bond acceptors (Lipinski definition) is 4. The summed E-state index contributed by atoms with van der Waals surface area (Å²) in [6.07, 6.45) is 6.40. The van der Waals surface area contributed by atoms with Crippen molar-refractivity contribution in [2.24, 2.45) is 0 Å². The third-order valence-corrected chi connectivity index (χ3v) is 5.78. The lowest BCUT2D eigenvalue weighted by Crippen LogP contribution is -2.34. The van der Waals surface area contributed by atoms with Gasteiger partial charge in [0, 0.05) is 23.6 Å². The second kappa shape index (κ2) is 8.50. The van der Waals surface area contributed by atoms with E-state index in [1.807, 2.05) is 43.5 Å². The minimum atomic E-state index is -0.0829. The molecule has 2 aromatic carbocycles. The molecule has 0 bridgehead atoms. The summed E-state index contributed by atoms with van der Waals surface area (Å²) >= 11 is 0. The summed E-state index contributed by atoms with van der Waals surface area (Å²) in [4.78, 5) is 16.7. The van der Waals surface area contributed by atoms with Crippen LogP contribution in [0.5, 0.6) is 11.5 Å². The van der Waals surface area contributed by atoms with Gasteiger partial charge in [-0.3, -0.25) is 4.79 Å². The van der Waals surface area contributed by atoms with E-state index in [2.05, 4.69) is 17.5 Å².